The van der Waals surface area contributed by atoms with E-state index in [1.165, 1.54) is 11.3 Å². The summed E-state index contributed by atoms with van der Waals surface area (Å²) in [7, 11) is 1.76. The Morgan fingerprint density at radius 3 is 2.95 bits per heavy atom. The molecule has 1 atom stereocenters. The number of aromatic amines is 1. The largest absolute Gasteiger partial charge is 0.479 e. The molecular weight excluding hydrogens is 280 g/mol. The number of carbonyl (C=O) groups is 1. The van der Waals surface area contributed by atoms with E-state index in [1.807, 2.05) is 23.6 Å². The summed E-state index contributed by atoms with van der Waals surface area (Å²) in [6, 6.07) is 5.79. The molecule has 0 saturated heterocycles. The van der Waals surface area contributed by atoms with E-state index < -0.39 is 6.10 Å². The van der Waals surface area contributed by atoms with Crippen LogP contribution in [0.1, 0.15) is 6.92 Å². The molecule has 0 fully saturated rings. The van der Waals surface area contributed by atoms with Gasteiger partial charge >= 0.3 is 0 Å². The first-order chi connectivity index (χ1) is 9.06. The molecule has 1 aliphatic rings. The van der Waals surface area contributed by atoms with E-state index >= 15 is 0 Å². The number of thiazole rings is 1. The minimum atomic E-state index is -0.435. The van der Waals surface area contributed by atoms with Gasteiger partial charge < -0.3 is 14.6 Å². The zero-order valence-electron chi connectivity index (χ0n) is 10.5. The molecule has 3 rings (SSSR count). The van der Waals surface area contributed by atoms with Gasteiger partial charge in [0.05, 0.1) is 11.4 Å². The van der Waals surface area contributed by atoms with Crippen molar-refractivity contribution in [3.63, 3.8) is 0 Å². The van der Waals surface area contributed by atoms with Crippen molar-refractivity contribution < 1.29 is 9.53 Å². The van der Waals surface area contributed by atoms with Gasteiger partial charge in [0, 0.05) is 18.0 Å². The van der Waals surface area contributed by atoms with E-state index in [1.54, 1.807) is 18.9 Å². The number of anilines is 1. The number of fused-ring (bicyclic) bond motifs is 1. The quantitative estimate of drug-likeness (QED) is 0.821. The summed E-state index contributed by atoms with van der Waals surface area (Å²) < 4.78 is 6.33. The number of benzene rings is 1. The van der Waals surface area contributed by atoms with Gasteiger partial charge in [0.1, 0.15) is 5.75 Å². The summed E-state index contributed by atoms with van der Waals surface area (Å²) >= 11 is 6.57. The van der Waals surface area contributed by atoms with Crippen molar-refractivity contribution in [2.24, 2.45) is 0 Å². The molecule has 1 aromatic carbocycles. The van der Waals surface area contributed by atoms with Crippen LogP contribution in [0.3, 0.4) is 0 Å². The van der Waals surface area contributed by atoms with Gasteiger partial charge in [-0.05, 0) is 37.3 Å². The van der Waals surface area contributed by atoms with Crippen molar-refractivity contribution >= 4 is 35.1 Å². The maximum atomic E-state index is 11.9. The molecule has 1 unspecified atom stereocenters. The predicted molar refractivity (Wildman–Crippen MR) is 78.4 cm³/mol. The maximum Gasteiger partial charge on any atom is 0.267 e. The van der Waals surface area contributed by atoms with Gasteiger partial charge in [-0.25, -0.2) is 0 Å². The second kappa shape index (κ2) is 4.47. The first-order valence-corrected chi connectivity index (χ1v) is 7.11. The van der Waals surface area contributed by atoms with Gasteiger partial charge in [-0.3, -0.25) is 4.79 Å². The van der Waals surface area contributed by atoms with Crippen LogP contribution >= 0.6 is 23.6 Å². The van der Waals surface area contributed by atoms with Crippen molar-refractivity contribution in [2.45, 2.75) is 13.0 Å². The van der Waals surface area contributed by atoms with E-state index in [0.29, 0.717) is 0 Å². The molecule has 0 bridgehead atoms. The van der Waals surface area contributed by atoms with Crippen LogP contribution in [0.5, 0.6) is 5.75 Å². The molecular formula is C13H12N2O2S2. The van der Waals surface area contributed by atoms with Gasteiger partial charge in [0.25, 0.3) is 5.91 Å². The Balaban J connectivity index is 2.09. The lowest BCUT2D eigenvalue weighted by Crippen LogP contribution is -2.41. The first kappa shape index (κ1) is 12.4. The molecule has 2 aromatic rings. The maximum absolute atomic E-state index is 11.9. The number of ether oxygens (including phenoxy) is 1. The normalized spacial score (nSPS) is 18.1. The average Bonchev–Trinajstić information content (AvgIpc) is 2.83. The molecule has 0 saturated carbocycles. The number of nitrogens with zero attached hydrogens (tertiary/aromatic N) is 1. The molecule has 2 heterocycles. The summed E-state index contributed by atoms with van der Waals surface area (Å²) in [5, 5.41) is 1.97. The molecule has 1 aliphatic heterocycles. The smallest absolute Gasteiger partial charge is 0.267 e. The van der Waals surface area contributed by atoms with Crippen LogP contribution in [0, 0.1) is 3.95 Å². The third-order valence-electron chi connectivity index (χ3n) is 3.13. The lowest BCUT2D eigenvalue weighted by molar-refractivity contribution is -0.125. The third-order valence-corrected chi connectivity index (χ3v) is 4.19. The predicted octanol–water partition coefficient (Wildman–Crippen LogP) is 3.22. The van der Waals surface area contributed by atoms with E-state index in [-0.39, 0.29) is 5.91 Å². The van der Waals surface area contributed by atoms with E-state index in [9.17, 15) is 4.79 Å². The van der Waals surface area contributed by atoms with Crippen LogP contribution in [0.2, 0.25) is 0 Å². The van der Waals surface area contributed by atoms with Gasteiger partial charge in [-0.1, -0.05) is 0 Å². The minimum Gasteiger partial charge on any atom is -0.479 e. The first-order valence-electron chi connectivity index (χ1n) is 5.83. The Morgan fingerprint density at radius 1 is 1.47 bits per heavy atom. The standard InChI is InChI=1S/C13H12N2O2S2/c1-7-12(16)15(2)10-5-8(3-4-11(10)17-7)9-6-19-13(18)14-9/h3-7H,1-2H3,(H,14,18). The van der Waals surface area contributed by atoms with Crippen molar-refractivity contribution in [3.05, 3.63) is 27.5 Å². The number of likely N-dealkylation sites (N-methyl/N-ethyl adjacent to an activating group) is 1. The van der Waals surface area contributed by atoms with Crippen LogP contribution in [0.4, 0.5) is 5.69 Å². The minimum absolute atomic E-state index is 0.0390. The molecule has 1 amide bonds. The fourth-order valence-corrected chi connectivity index (χ4v) is 2.94. The number of nitrogens with one attached hydrogen (secondary N) is 1. The molecule has 6 heteroatoms. The monoisotopic (exact) mass is 292 g/mol. The van der Waals surface area contributed by atoms with Crippen molar-refractivity contribution in [1.29, 1.82) is 0 Å². The number of carbonyl (C=O) groups excluding carboxylic acids is 1. The summed E-state index contributed by atoms with van der Waals surface area (Å²) in [5.74, 6) is 0.690. The molecule has 4 nitrogen and oxygen atoms in total. The second-order valence-corrected chi connectivity index (χ2v) is 5.95. The zero-order valence-corrected chi connectivity index (χ0v) is 12.1. The molecule has 0 spiro atoms. The number of H-pyrrole nitrogens is 1. The lowest BCUT2D eigenvalue weighted by atomic mass is 10.1. The van der Waals surface area contributed by atoms with Crippen LogP contribution in [0.25, 0.3) is 11.3 Å². The van der Waals surface area contributed by atoms with Gasteiger partial charge in [-0.15, -0.1) is 11.3 Å². The highest BCUT2D eigenvalue weighted by Gasteiger charge is 2.28. The topological polar surface area (TPSA) is 45.3 Å². The van der Waals surface area contributed by atoms with Crippen LogP contribution in [-0.4, -0.2) is 24.0 Å². The highest BCUT2D eigenvalue weighted by Crippen LogP contribution is 2.36. The van der Waals surface area contributed by atoms with Crippen molar-refractivity contribution in [3.8, 4) is 17.0 Å². The fraction of sp³-hybridized carbons (Fsp3) is 0.231. The van der Waals surface area contributed by atoms with E-state index in [4.69, 9.17) is 17.0 Å². The summed E-state index contributed by atoms with van der Waals surface area (Å²) in [4.78, 5) is 16.7. The van der Waals surface area contributed by atoms with E-state index in [0.717, 1.165) is 26.6 Å². The van der Waals surface area contributed by atoms with Crippen LogP contribution in [0.15, 0.2) is 23.6 Å². The summed E-state index contributed by atoms with van der Waals surface area (Å²) in [6.07, 6.45) is -0.435. The van der Waals surface area contributed by atoms with Gasteiger partial charge in [0.2, 0.25) is 0 Å². The molecule has 1 N–H and O–H groups in total. The Morgan fingerprint density at radius 2 is 2.26 bits per heavy atom. The molecule has 0 aliphatic carbocycles. The SMILES string of the molecule is CC1Oc2ccc(-c3csc(=S)[nH]3)cc2N(C)C1=O. The number of hydrogen-bond donors (Lipinski definition) is 1. The van der Waals surface area contributed by atoms with Crippen LogP contribution in [-0.2, 0) is 4.79 Å². The Bertz CT molecular complexity index is 705. The Labute approximate surface area is 119 Å². The second-order valence-electron chi connectivity index (χ2n) is 4.40. The van der Waals surface area contributed by atoms with Crippen molar-refractivity contribution in [2.75, 3.05) is 11.9 Å². The zero-order chi connectivity index (χ0) is 13.6. The summed E-state index contributed by atoms with van der Waals surface area (Å²) in [5.41, 5.74) is 2.73. The molecule has 0 radical (unpaired) electrons. The van der Waals surface area contributed by atoms with Gasteiger partial charge in [0.15, 0.2) is 10.1 Å². The third kappa shape index (κ3) is 2.06. The Kier molecular flexibility index (Phi) is 2.91. The number of aromatic nitrogens is 1. The number of hydrogen-bond acceptors (Lipinski definition) is 4. The number of amides is 1. The lowest BCUT2D eigenvalue weighted by Gasteiger charge is -2.30. The molecule has 19 heavy (non-hydrogen) atoms. The highest BCUT2D eigenvalue weighted by molar-refractivity contribution is 7.73. The van der Waals surface area contributed by atoms with E-state index in [2.05, 4.69) is 4.98 Å². The van der Waals surface area contributed by atoms with Gasteiger partial charge in [-0.2, -0.15) is 0 Å². The molecule has 1 aromatic heterocycles. The Hall–Kier alpha value is -1.66. The van der Waals surface area contributed by atoms with Crippen molar-refractivity contribution in [1.82, 2.24) is 4.98 Å². The summed E-state index contributed by atoms with van der Waals surface area (Å²) in [6.45, 7) is 1.76. The molecule has 98 valence electrons. The van der Waals surface area contributed by atoms with Crippen LogP contribution < -0.4 is 9.64 Å². The average molecular weight is 292 g/mol. The highest BCUT2D eigenvalue weighted by atomic mass is 32.1. The fourth-order valence-electron chi connectivity index (χ4n) is 2.10. The number of rotatable bonds is 1.